The van der Waals surface area contributed by atoms with Gasteiger partial charge in [-0.05, 0) is 76.6 Å². The van der Waals surface area contributed by atoms with Crippen LogP contribution in [-0.4, -0.2) is 42.5 Å². The molecule has 3 rings (SSSR count). The summed E-state index contributed by atoms with van der Waals surface area (Å²) in [6.07, 6.45) is 20.2. The summed E-state index contributed by atoms with van der Waals surface area (Å²) in [4.78, 5) is 14.7. The molecule has 158 valence electrons. The third-order valence-corrected chi connectivity index (χ3v) is 7.27. The smallest absolute Gasteiger partial charge is 0.155 e. The molecule has 1 N–H and O–H groups in total. The number of carbonyl (C=O) groups excluding carboxylic acids is 1. The van der Waals surface area contributed by atoms with Crippen LogP contribution in [0.1, 0.15) is 77.0 Å². The monoisotopic (exact) mass is 387 g/mol. The molecule has 0 aromatic rings. The van der Waals surface area contributed by atoms with Crippen molar-refractivity contribution in [3.8, 4) is 0 Å². The normalized spacial score (nSPS) is 30.9. The summed E-state index contributed by atoms with van der Waals surface area (Å²) >= 11 is 0. The van der Waals surface area contributed by atoms with Crippen LogP contribution in [0, 0.1) is 23.7 Å². The van der Waals surface area contributed by atoms with Crippen LogP contribution in [-0.2, 0) is 4.79 Å². The topological polar surface area (TPSA) is 40.5 Å². The van der Waals surface area contributed by atoms with Crippen LogP contribution in [0.3, 0.4) is 0 Å². The lowest BCUT2D eigenvalue weighted by atomic mass is 9.85. The van der Waals surface area contributed by atoms with Crippen molar-refractivity contribution in [1.29, 1.82) is 0 Å². The van der Waals surface area contributed by atoms with Crippen LogP contribution in [0.2, 0.25) is 0 Å². The predicted molar refractivity (Wildman–Crippen MR) is 116 cm³/mol. The number of hydrogen-bond donors (Lipinski definition) is 1. The molecule has 0 aliphatic heterocycles. The minimum absolute atomic E-state index is 0.169. The first-order valence-corrected chi connectivity index (χ1v) is 11.8. The molecule has 4 atom stereocenters. The maximum atomic E-state index is 12.4. The number of fused-ring (bicyclic) bond motifs is 1. The first-order valence-electron chi connectivity index (χ1n) is 11.8. The van der Waals surface area contributed by atoms with Crippen LogP contribution >= 0.6 is 0 Å². The lowest BCUT2D eigenvalue weighted by Crippen LogP contribution is -2.18. The van der Waals surface area contributed by atoms with Gasteiger partial charge in [0, 0.05) is 12.3 Å². The maximum absolute atomic E-state index is 12.4. The van der Waals surface area contributed by atoms with Crippen LogP contribution < -0.4 is 0 Å². The van der Waals surface area contributed by atoms with Gasteiger partial charge in [-0.1, -0.05) is 56.3 Å². The third kappa shape index (κ3) is 6.29. The molecule has 0 spiro atoms. The molecular weight excluding hydrogens is 346 g/mol. The molecular formula is C25H41NO2. The second-order valence-electron chi connectivity index (χ2n) is 9.88. The Morgan fingerprint density at radius 3 is 2.71 bits per heavy atom. The molecule has 2 fully saturated rings. The number of hydrogen-bond acceptors (Lipinski definition) is 3. The lowest BCUT2D eigenvalue weighted by molar-refractivity contribution is -0.115. The van der Waals surface area contributed by atoms with Crippen molar-refractivity contribution >= 4 is 5.78 Å². The fourth-order valence-corrected chi connectivity index (χ4v) is 5.71. The predicted octanol–water partition coefficient (Wildman–Crippen LogP) is 5.15. The first kappa shape index (κ1) is 21.8. The summed E-state index contributed by atoms with van der Waals surface area (Å²) in [6.45, 7) is 1.18. The summed E-state index contributed by atoms with van der Waals surface area (Å²) < 4.78 is 0. The molecule has 3 aliphatic rings. The van der Waals surface area contributed by atoms with E-state index in [9.17, 15) is 9.90 Å². The van der Waals surface area contributed by atoms with Crippen LogP contribution in [0.4, 0.5) is 0 Å². The Morgan fingerprint density at radius 2 is 1.96 bits per heavy atom. The zero-order valence-electron chi connectivity index (χ0n) is 18.1. The van der Waals surface area contributed by atoms with E-state index in [0.29, 0.717) is 24.2 Å². The summed E-state index contributed by atoms with van der Waals surface area (Å²) in [5, 5.41) is 10.5. The summed E-state index contributed by atoms with van der Waals surface area (Å²) in [6, 6.07) is 0. The van der Waals surface area contributed by atoms with Crippen LogP contribution in [0.15, 0.2) is 23.8 Å². The van der Waals surface area contributed by atoms with Gasteiger partial charge in [0.05, 0.1) is 6.10 Å². The van der Waals surface area contributed by atoms with Crippen LogP contribution in [0.25, 0.3) is 0 Å². The molecule has 0 heterocycles. The van der Waals surface area contributed by atoms with Gasteiger partial charge in [0.25, 0.3) is 0 Å². The van der Waals surface area contributed by atoms with E-state index in [4.69, 9.17) is 0 Å². The van der Waals surface area contributed by atoms with Crippen molar-refractivity contribution in [2.75, 3.05) is 20.6 Å². The number of allylic oxidation sites excluding steroid dienone is 3. The number of ketones is 1. The van der Waals surface area contributed by atoms with E-state index in [2.05, 4.69) is 31.1 Å². The molecule has 2 saturated carbocycles. The lowest BCUT2D eigenvalue weighted by Gasteiger charge is -2.20. The maximum Gasteiger partial charge on any atom is 0.155 e. The van der Waals surface area contributed by atoms with E-state index in [-0.39, 0.29) is 17.8 Å². The Kier molecular flexibility index (Phi) is 8.35. The first-order chi connectivity index (χ1) is 13.5. The molecule has 0 aromatic heterocycles. The van der Waals surface area contributed by atoms with Gasteiger partial charge in [-0.15, -0.1) is 0 Å². The van der Waals surface area contributed by atoms with Crippen molar-refractivity contribution in [3.05, 3.63) is 23.8 Å². The molecule has 0 saturated heterocycles. The molecule has 3 nitrogen and oxygen atoms in total. The zero-order chi connectivity index (χ0) is 19.9. The molecule has 0 unspecified atom stereocenters. The van der Waals surface area contributed by atoms with Gasteiger partial charge in [-0.25, -0.2) is 0 Å². The highest BCUT2D eigenvalue weighted by Gasteiger charge is 2.43. The van der Waals surface area contributed by atoms with Crippen molar-refractivity contribution in [2.45, 2.75) is 83.2 Å². The molecule has 0 radical (unpaired) electrons. The standard InChI is InChI=1S/C25H41NO2/c1-26(2)14-8-4-7-11-20-15-21-18-25(28)23(24(21)17-20)13-12-22(27)16-19-9-5-3-6-10-19/h12-13,15,19,21,23-25,28H,3-11,14,16-18H2,1-2H3/b13-12+/t21-,23+,24-,25+/m0/s1. The minimum atomic E-state index is -0.272. The van der Waals surface area contributed by atoms with Gasteiger partial charge in [0.1, 0.15) is 0 Å². The quantitative estimate of drug-likeness (QED) is 0.320. The van der Waals surface area contributed by atoms with Gasteiger partial charge in [0.15, 0.2) is 5.78 Å². The third-order valence-electron chi connectivity index (χ3n) is 7.27. The highest BCUT2D eigenvalue weighted by atomic mass is 16.3. The Morgan fingerprint density at radius 1 is 1.18 bits per heavy atom. The second kappa shape index (κ2) is 10.7. The van der Waals surface area contributed by atoms with E-state index in [1.165, 1.54) is 64.3 Å². The molecule has 0 bridgehead atoms. The molecule has 3 aliphatic carbocycles. The van der Waals surface area contributed by atoms with Gasteiger partial charge in [-0.3, -0.25) is 4.79 Å². The van der Waals surface area contributed by atoms with Crippen LogP contribution in [0.5, 0.6) is 0 Å². The number of unbranched alkanes of at least 4 members (excludes halogenated alkanes) is 2. The fourth-order valence-electron chi connectivity index (χ4n) is 5.71. The van der Waals surface area contributed by atoms with Crippen molar-refractivity contribution < 1.29 is 9.90 Å². The summed E-state index contributed by atoms with van der Waals surface area (Å²) in [7, 11) is 4.28. The molecule has 28 heavy (non-hydrogen) atoms. The van der Waals surface area contributed by atoms with Gasteiger partial charge >= 0.3 is 0 Å². The van der Waals surface area contributed by atoms with E-state index in [1.54, 1.807) is 5.57 Å². The number of nitrogens with zero attached hydrogens (tertiary/aromatic N) is 1. The average molecular weight is 388 g/mol. The number of aliphatic hydroxyl groups is 1. The Hall–Kier alpha value is -0.930. The SMILES string of the molecule is CN(C)CCCCCC1=C[C@H]2C[C@@H](O)[C@H](/C=C/C(=O)CC3CCCCC3)[C@H]2C1. The largest absolute Gasteiger partial charge is 0.392 e. The Bertz CT molecular complexity index is 559. The van der Waals surface area contributed by atoms with Gasteiger partial charge in [-0.2, -0.15) is 0 Å². The Balaban J connectivity index is 1.42. The van der Waals surface area contributed by atoms with Gasteiger partial charge in [0.2, 0.25) is 0 Å². The van der Waals surface area contributed by atoms with Gasteiger partial charge < -0.3 is 10.0 Å². The average Bonchev–Trinajstić information content (AvgIpc) is 3.16. The Labute approximate surface area is 172 Å². The summed E-state index contributed by atoms with van der Waals surface area (Å²) in [5.74, 6) is 2.08. The van der Waals surface area contributed by atoms with Crippen molar-refractivity contribution in [2.24, 2.45) is 23.7 Å². The number of aliphatic hydroxyl groups excluding tert-OH is 1. The van der Waals surface area contributed by atoms with Crippen molar-refractivity contribution in [3.63, 3.8) is 0 Å². The number of rotatable bonds is 10. The minimum Gasteiger partial charge on any atom is -0.392 e. The zero-order valence-corrected chi connectivity index (χ0v) is 18.1. The highest BCUT2D eigenvalue weighted by Crippen LogP contribution is 2.48. The molecule has 0 amide bonds. The van der Waals surface area contributed by atoms with E-state index < -0.39 is 0 Å². The summed E-state index contributed by atoms with van der Waals surface area (Å²) in [5.41, 5.74) is 1.60. The fraction of sp³-hybridized carbons (Fsp3) is 0.800. The van der Waals surface area contributed by atoms with E-state index >= 15 is 0 Å². The van der Waals surface area contributed by atoms with Crippen molar-refractivity contribution in [1.82, 2.24) is 4.90 Å². The number of carbonyl (C=O) groups is 1. The molecule has 3 heteroatoms. The second-order valence-corrected chi connectivity index (χ2v) is 9.88. The highest BCUT2D eigenvalue weighted by molar-refractivity contribution is 5.89. The molecule has 0 aromatic carbocycles. The van der Waals surface area contributed by atoms with E-state index in [1.807, 2.05) is 6.08 Å². The van der Waals surface area contributed by atoms with E-state index in [0.717, 1.165) is 12.8 Å².